The Labute approximate surface area is 98.2 Å². The third kappa shape index (κ3) is 2.40. The Hall–Kier alpha value is -0.410. The molecule has 1 heterocycles. The maximum Gasteiger partial charge on any atom is 0.127 e. The maximum atomic E-state index is 13.8. The van der Waals surface area contributed by atoms with Crippen molar-refractivity contribution in [2.75, 3.05) is 13.1 Å². The van der Waals surface area contributed by atoms with Crippen molar-refractivity contribution < 1.29 is 4.39 Å². The lowest BCUT2D eigenvalue weighted by Crippen LogP contribution is -2.27. The summed E-state index contributed by atoms with van der Waals surface area (Å²) in [6, 6.07) is 3.57. The SMILES string of the molecule is Cc1cc(C2CCNCC2)c(F)cc1Br. The predicted molar refractivity (Wildman–Crippen MR) is 63.7 cm³/mol. The summed E-state index contributed by atoms with van der Waals surface area (Å²) in [5, 5.41) is 3.30. The number of hydrogen-bond acceptors (Lipinski definition) is 1. The number of benzene rings is 1. The molecule has 0 aliphatic carbocycles. The van der Waals surface area contributed by atoms with Gasteiger partial charge in [-0.2, -0.15) is 0 Å². The minimum atomic E-state index is -0.0700. The van der Waals surface area contributed by atoms with E-state index in [0.717, 1.165) is 41.5 Å². The molecule has 2 rings (SSSR count). The van der Waals surface area contributed by atoms with Gasteiger partial charge in [0, 0.05) is 4.47 Å². The van der Waals surface area contributed by atoms with E-state index in [4.69, 9.17) is 0 Å². The van der Waals surface area contributed by atoms with E-state index in [1.807, 2.05) is 13.0 Å². The van der Waals surface area contributed by atoms with Gasteiger partial charge in [0.15, 0.2) is 0 Å². The van der Waals surface area contributed by atoms with E-state index in [1.165, 1.54) is 0 Å². The van der Waals surface area contributed by atoms with E-state index in [0.29, 0.717) is 5.92 Å². The van der Waals surface area contributed by atoms with Crippen LogP contribution in [0.1, 0.15) is 29.9 Å². The Morgan fingerprint density at radius 1 is 1.33 bits per heavy atom. The number of piperidine rings is 1. The molecular formula is C12H15BrFN. The summed E-state index contributed by atoms with van der Waals surface area (Å²) in [7, 11) is 0. The van der Waals surface area contributed by atoms with Crippen molar-refractivity contribution in [2.45, 2.75) is 25.7 Å². The van der Waals surface area contributed by atoms with Crippen LogP contribution in [-0.4, -0.2) is 13.1 Å². The minimum absolute atomic E-state index is 0.0700. The average molecular weight is 272 g/mol. The summed E-state index contributed by atoms with van der Waals surface area (Å²) in [6.45, 7) is 4.01. The van der Waals surface area contributed by atoms with Crippen LogP contribution in [0, 0.1) is 12.7 Å². The first kappa shape index (κ1) is 11.1. The highest BCUT2D eigenvalue weighted by Crippen LogP contribution is 2.30. The Kier molecular flexibility index (Phi) is 3.42. The van der Waals surface area contributed by atoms with Gasteiger partial charge in [0.05, 0.1) is 0 Å². The van der Waals surface area contributed by atoms with Gasteiger partial charge < -0.3 is 5.32 Å². The Balaban J connectivity index is 2.30. The van der Waals surface area contributed by atoms with Crippen molar-refractivity contribution in [1.82, 2.24) is 5.32 Å². The van der Waals surface area contributed by atoms with Crippen molar-refractivity contribution in [3.05, 3.63) is 33.5 Å². The second-order valence-corrected chi connectivity index (χ2v) is 5.00. The molecule has 0 saturated carbocycles. The van der Waals surface area contributed by atoms with E-state index in [1.54, 1.807) is 6.07 Å². The molecule has 0 bridgehead atoms. The molecule has 0 aromatic heterocycles. The quantitative estimate of drug-likeness (QED) is 0.826. The molecule has 1 aliphatic rings. The fourth-order valence-corrected chi connectivity index (χ4v) is 2.44. The highest BCUT2D eigenvalue weighted by atomic mass is 79.9. The van der Waals surface area contributed by atoms with E-state index < -0.39 is 0 Å². The van der Waals surface area contributed by atoms with Crippen LogP contribution in [0.15, 0.2) is 16.6 Å². The standard InChI is InChI=1S/C12H15BrFN/c1-8-6-10(12(14)7-11(8)13)9-2-4-15-5-3-9/h6-7,9,15H,2-5H2,1H3. The fraction of sp³-hybridized carbons (Fsp3) is 0.500. The number of rotatable bonds is 1. The van der Waals surface area contributed by atoms with Crippen LogP contribution >= 0.6 is 15.9 Å². The monoisotopic (exact) mass is 271 g/mol. The molecule has 0 atom stereocenters. The molecule has 1 N–H and O–H groups in total. The van der Waals surface area contributed by atoms with Gasteiger partial charge in [0.1, 0.15) is 5.82 Å². The van der Waals surface area contributed by atoms with Crippen molar-refractivity contribution in [3.8, 4) is 0 Å². The van der Waals surface area contributed by atoms with Gasteiger partial charge in [-0.05, 0) is 56.0 Å². The van der Waals surface area contributed by atoms with Crippen LogP contribution in [0.3, 0.4) is 0 Å². The molecule has 0 radical (unpaired) electrons. The molecule has 1 aromatic carbocycles. The summed E-state index contributed by atoms with van der Waals surface area (Å²) < 4.78 is 14.6. The smallest absolute Gasteiger partial charge is 0.127 e. The lowest BCUT2D eigenvalue weighted by molar-refractivity contribution is 0.444. The van der Waals surface area contributed by atoms with Crippen LogP contribution in [-0.2, 0) is 0 Å². The minimum Gasteiger partial charge on any atom is -0.317 e. The van der Waals surface area contributed by atoms with Crippen LogP contribution in [0.25, 0.3) is 0 Å². The van der Waals surface area contributed by atoms with Gasteiger partial charge in [-0.15, -0.1) is 0 Å². The van der Waals surface area contributed by atoms with Gasteiger partial charge >= 0.3 is 0 Å². The predicted octanol–water partition coefficient (Wildman–Crippen LogP) is 3.36. The Morgan fingerprint density at radius 3 is 2.67 bits per heavy atom. The van der Waals surface area contributed by atoms with E-state index >= 15 is 0 Å². The second-order valence-electron chi connectivity index (χ2n) is 4.15. The van der Waals surface area contributed by atoms with Crippen molar-refractivity contribution in [2.24, 2.45) is 0 Å². The van der Waals surface area contributed by atoms with Crippen LogP contribution < -0.4 is 5.32 Å². The lowest BCUT2D eigenvalue weighted by atomic mass is 9.89. The van der Waals surface area contributed by atoms with Gasteiger partial charge in [0.2, 0.25) is 0 Å². The van der Waals surface area contributed by atoms with Gasteiger partial charge in [-0.25, -0.2) is 4.39 Å². The van der Waals surface area contributed by atoms with Crippen molar-refractivity contribution >= 4 is 15.9 Å². The van der Waals surface area contributed by atoms with Crippen molar-refractivity contribution in [3.63, 3.8) is 0 Å². The second kappa shape index (κ2) is 4.62. The topological polar surface area (TPSA) is 12.0 Å². The highest BCUT2D eigenvalue weighted by molar-refractivity contribution is 9.10. The molecule has 1 aromatic rings. The number of hydrogen-bond donors (Lipinski definition) is 1. The first-order valence-electron chi connectivity index (χ1n) is 5.34. The largest absolute Gasteiger partial charge is 0.317 e. The number of nitrogens with one attached hydrogen (secondary N) is 1. The third-order valence-corrected chi connectivity index (χ3v) is 3.91. The van der Waals surface area contributed by atoms with Crippen LogP contribution in [0.5, 0.6) is 0 Å². The summed E-state index contributed by atoms with van der Waals surface area (Å²) in [6.07, 6.45) is 2.08. The number of halogens is 2. The average Bonchev–Trinajstić information content (AvgIpc) is 2.25. The zero-order chi connectivity index (χ0) is 10.8. The molecular weight excluding hydrogens is 257 g/mol. The highest BCUT2D eigenvalue weighted by Gasteiger charge is 2.19. The lowest BCUT2D eigenvalue weighted by Gasteiger charge is -2.23. The Bertz CT molecular complexity index is 359. The fourth-order valence-electron chi connectivity index (χ4n) is 2.13. The molecule has 0 spiro atoms. The summed E-state index contributed by atoms with van der Waals surface area (Å²) in [5.41, 5.74) is 2.00. The molecule has 1 aliphatic heterocycles. The molecule has 1 saturated heterocycles. The van der Waals surface area contributed by atoms with E-state index in [-0.39, 0.29) is 5.82 Å². The van der Waals surface area contributed by atoms with Gasteiger partial charge in [-0.1, -0.05) is 22.0 Å². The molecule has 15 heavy (non-hydrogen) atoms. The molecule has 3 heteroatoms. The summed E-state index contributed by atoms with van der Waals surface area (Å²) >= 11 is 3.35. The molecule has 0 amide bonds. The summed E-state index contributed by atoms with van der Waals surface area (Å²) in [5.74, 6) is 0.317. The van der Waals surface area contributed by atoms with Gasteiger partial charge in [0.25, 0.3) is 0 Å². The number of aryl methyl sites for hydroxylation is 1. The van der Waals surface area contributed by atoms with Crippen LogP contribution in [0.4, 0.5) is 4.39 Å². The van der Waals surface area contributed by atoms with E-state index in [2.05, 4.69) is 21.2 Å². The Morgan fingerprint density at radius 2 is 2.00 bits per heavy atom. The molecule has 82 valence electrons. The first-order valence-corrected chi connectivity index (χ1v) is 6.14. The maximum absolute atomic E-state index is 13.8. The normalized spacial score (nSPS) is 18.1. The zero-order valence-corrected chi connectivity index (χ0v) is 10.4. The molecule has 1 fully saturated rings. The third-order valence-electron chi connectivity index (χ3n) is 3.06. The molecule has 1 nitrogen and oxygen atoms in total. The van der Waals surface area contributed by atoms with Crippen molar-refractivity contribution in [1.29, 1.82) is 0 Å². The molecule has 0 unspecified atom stereocenters. The summed E-state index contributed by atoms with van der Waals surface area (Å²) in [4.78, 5) is 0. The van der Waals surface area contributed by atoms with E-state index in [9.17, 15) is 4.39 Å². The zero-order valence-electron chi connectivity index (χ0n) is 8.82. The first-order chi connectivity index (χ1) is 7.18. The van der Waals surface area contributed by atoms with Crippen LogP contribution in [0.2, 0.25) is 0 Å². The van der Waals surface area contributed by atoms with Gasteiger partial charge in [-0.3, -0.25) is 0 Å².